The minimum absolute atomic E-state index is 0.774. The molecule has 2 aromatic carbocycles. The van der Waals surface area contributed by atoms with Gasteiger partial charge >= 0.3 is 0 Å². The molecule has 0 amide bonds. The smallest absolute Gasteiger partial charge is 0.0657 e. The minimum Gasteiger partial charge on any atom is -0.356 e. The van der Waals surface area contributed by atoms with Gasteiger partial charge in [-0.15, -0.1) is 0 Å². The molecule has 1 heterocycles. The molecule has 18 heavy (non-hydrogen) atoms. The Bertz CT molecular complexity index is 688. The van der Waals surface area contributed by atoms with Crippen molar-refractivity contribution < 1.29 is 0 Å². The first kappa shape index (κ1) is 11.7. The number of hydrogen-bond donors (Lipinski definition) is 1. The normalized spacial score (nSPS) is 11.0. The molecule has 0 saturated heterocycles. The quantitative estimate of drug-likeness (QED) is 0.671. The molecule has 0 fully saturated rings. The van der Waals surface area contributed by atoms with Gasteiger partial charge in [-0.05, 0) is 25.1 Å². The van der Waals surface area contributed by atoms with Crippen molar-refractivity contribution in [3.8, 4) is 0 Å². The van der Waals surface area contributed by atoms with Gasteiger partial charge in [0.1, 0.15) is 0 Å². The van der Waals surface area contributed by atoms with E-state index in [1.54, 1.807) is 11.8 Å². The van der Waals surface area contributed by atoms with Gasteiger partial charge in [0.15, 0.2) is 0 Å². The Morgan fingerprint density at radius 2 is 1.78 bits per heavy atom. The van der Waals surface area contributed by atoms with Crippen molar-refractivity contribution in [3.63, 3.8) is 0 Å². The molecule has 0 spiro atoms. The zero-order chi connectivity index (χ0) is 12.5. The lowest BCUT2D eigenvalue weighted by molar-refractivity contribution is 1.23. The maximum Gasteiger partial charge on any atom is 0.0657 e. The molecule has 3 rings (SSSR count). The molecule has 0 radical (unpaired) electrons. The highest BCUT2D eigenvalue weighted by Crippen LogP contribution is 2.38. The highest BCUT2D eigenvalue weighted by molar-refractivity contribution is 7.99. The number of hydrogen-bond acceptors (Lipinski definition) is 1. The number of rotatable bonds is 2. The van der Waals surface area contributed by atoms with Crippen LogP contribution >= 0.6 is 23.4 Å². The molecule has 1 N–H and O–H groups in total. The summed E-state index contributed by atoms with van der Waals surface area (Å²) in [7, 11) is 0. The van der Waals surface area contributed by atoms with Crippen LogP contribution in [-0.4, -0.2) is 4.98 Å². The molecule has 0 unspecified atom stereocenters. The van der Waals surface area contributed by atoms with E-state index in [-0.39, 0.29) is 0 Å². The van der Waals surface area contributed by atoms with E-state index in [1.807, 2.05) is 18.2 Å². The van der Waals surface area contributed by atoms with Gasteiger partial charge < -0.3 is 4.98 Å². The van der Waals surface area contributed by atoms with E-state index in [9.17, 15) is 0 Å². The Hall–Kier alpha value is -1.38. The van der Waals surface area contributed by atoms with Gasteiger partial charge in [-0.3, -0.25) is 0 Å². The van der Waals surface area contributed by atoms with Gasteiger partial charge in [0.2, 0.25) is 0 Å². The predicted octanol–water partition coefficient (Wildman–Crippen LogP) is 5.28. The molecular formula is C15H12ClNS. The molecular weight excluding hydrogens is 262 g/mol. The summed E-state index contributed by atoms with van der Waals surface area (Å²) in [6.07, 6.45) is 0. The van der Waals surface area contributed by atoms with Crippen LogP contribution in [0.3, 0.4) is 0 Å². The van der Waals surface area contributed by atoms with Gasteiger partial charge in [0.25, 0.3) is 0 Å². The Balaban J connectivity index is 2.12. The van der Waals surface area contributed by atoms with Gasteiger partial charge in [-0.25, -0.2) is 0 Å². The van der Waals surface area contributed by atoms with E-state index in [0.29, 0.717) is 0 Å². The van der Waals surface area contributed by atoms with E-state index in [2.05, 4.69) is 42.2 Å². The SMILES string of the molecule is Cc1[nH]c2c(Cl)cccc2c1Sc1ccccc1. The first-order chi connectivity index (χ1) is 8.75. The summed E-state index contributed by atoms with van der Waals surface area (Å²) in [5.74, 6) is 0. The van der Waals surface area contributed by atoms with Crippen LogP contribution < -0.4 is 0 Å². The minimum atomic E-state index is 0.774. The van der Waals surface area contributed by atoms with E-state index in [4.69, 9.17) is 11.6 Å². The number of benzene rings is 2. The number of H-pyrrole nitrogens is 1. The summed E-state index contributed by atoms with van der Waals surface area (Å²) < 4.78 is 0. The average Bonchev–Trinajstić information content (AvgIpc) is 2.70. The van der Waals surface area contributed by atoms with Crippen LogP contribution in [0.25, 0.3) is 10.9 Å². The summed E-state index contributed by atoms with van der Waals surface area (Å²) in [5.41, 5.74) is 2.18. The van der Waals surface area contributed by atoms with Gasteiger partial charge in [0, 0.05) is 20.9 Å². The number of aryl methyl sites for hydroxylation is 1. The molecule has 1 nitrogen and oxygen atoms in total. The van der Waals surface area contributed by atoms with Crippen molar-refractivity contribution in [2.75, 3.05) is 0 Å². The van der Waals surface area contributed by atoms with E-state index in [0.717, 1.165) is 16.2 Å². The van der Waals surface area contributed by atoms with Gasteiger partial charge in [0.05, 0.1) is 10.5 Å². The second kappa shape index (κ2) is 4.71. The number of aromatic nitrogens is 1. The molecule has 0 aliphatic rings. The second-order valence-electron chi connectivity index (χ2n) is 4.16. The fourth-order valence-electron chi connectivity index (χ4n) is 2.02. The third kappa shape index (κ3) is 2.02. The molecule has 90 valence electrons. The summed E-state index contributed by atoms with van der Waals surface area (Å²) >= 11 is 7.97. The summed E-state index contributed by atoms with van der Waals surface area (Å²) in [6.45, 7) is 2.08. The fourth-order valence-corrected chi connectivity index (χ4v) is 3.26. The lowest BCUT2D eigenvalue weighted by atomic mass is 10.2. The van der Waals surface area contributed by atoms with Crippen molar-refractivity contribution >= 4 is 34.3 Å². The number of para-hydroxylation sites is 1. The number of halogens is 1. The molecule has 0 bridgehead atoms. The van der Waals surface area contributed by atoms with E-state index >= 15 is 0 Å². The van der Waals surface area contributed by atoms with Crippen LogP contribution in [0.2, 0.25) is 5.02 Å². The van der Waals surface area contributed by atoms with Gasteiger partial charge in [-0.2, -0.15) is 0 Å². The zero-order valence-electron chi connectivity index (χ0n) is 9.91. The predicted molar refractivity (Wildman–Crippen MR) is 78.6 cm³/mol. The highest BCUT2D eigenvalue weighted by Gasteiger charge is 2.11. The first-order valence-corrected chi connectivity index (χ1v) is 6.95. The van der Waals surface area contributed by atoms with Crippen LogP contribution in [0.15, 0.2) is 58.3 Å². The first-order valence-electron chi connectivity index (χ1n) is 5.75. The Morgan fingerprint density at radius 1 is 1.00 bits per heavy atom. The highest BCUT2D eigenvalue weighted by atomic mass is 35.5. The Labute approximate surface area is 115 Å². The summed E-state index contributed by atoms with van der Waals surface area (Å²) in [6, 6.07) is 16.4. The summed E-state index contributed by atoms with van der Waals surface area (Å²) in [5, 5.41) is 1.96. The van der Waals surface area contributed by atoms with E-state index < -0.39 is 0 Å². The van der Waals surface area contributed by atoms with Gasteiger partial charge in [-0.1, -0.05) is 53.7 Å². The van der Waals surface area contributed by atoms with Crippen molar-refractivity contribution in [2.45, 2.75) is 16.7 Å². The fraction of sp³-hybridized carbons (Fsp3) is 0.0667. The lowest BCUT2D eigenvalue weighted by Gasteiger charge is -2.01. The number of nitrogens with one attached hydrogen (secondary N) is 1. The lowest BCUT2D eigenvalue weighted by Crippen LogP contribution is -1.75. The number of aromatic amines is 1. The van der Waals surface area contributed by atoms with Crippen molar-refractivity contribution in [3.05, 3.63) is 59.2 Å². The molecule has 3 aromatic rings. The van der Waals surface area contributed by atoms with Crippen LogP contribution in [0, 0.1) is 6.92 Å². The van der Waals surface area contributed by atoms with Crippen molar-refractivity contribution in [2.24, 2.45) is 0 Å². The second-order valence-corrected chi connectivity index (χ2v) is 5.65. The monoisotopic (exact) mass is 273 g/mol. The van der Waals surface area contributed by atoms with Crippen molar-refractivity contribution in [1.29, 1.82) is 0 Å². The molecule has 0 atom stereocenters. The van der Waals surface area contributed by atoms with Crippen LogP contribution in [0.4, 0.5) is 0 Å². The van der Waals surface area contributed by atoms with Crippen LogP contribution in [0.5, 0.6) is 0 Å². The topological polar surface area (TPSA) is 15.8 Å². The van der Waals surface area contributed by atoms with E-state index in [1.165, 1.54) is 15.2 Å². The molecule has 1 aromatic heterocycles. The van der Waals surface area contributed by atoms with Crippen LogP contribution in [-0.2, 0) is 0 Å². The standard InChI is InChI=1S/C15H12ClNS/c1-10-15(18-11-6-3-2-4-7-11)12-8-5-9-13(16)14(12)17-10/h2-9,17H,1H3. The zero-order valence-corrected chi connectivity index (χ0v) is 11.5. The third-order valence-corrected chi connectivity index (χ3v) is 4.43. The number of fused-ring (bicyclic) bond motifs is 1. The maximum atomic E-state index is 6.20. The summed E-state index contributed by atoms with van der Waals surface area (Å²) in [4.78, 5) is 5.85. The Morgan fingerprint density at radius 3 is 2.56 bits per heavy atom. The molecule has 0 aliphatic heterocycles. The Kier molecular flexibility index (Phi) is 3.06. The third-order valence-electron chi connectivity index (χ3n) is 2.87. The maximum absolute atomic E-state index is 6.20. The van der Waals surface area contributed by atoms with Crippen LogP contribution in [0.1, 0.15) is 5.69 Å². The molecule has 0 saturated carbocycles. The molecule has 0 aliphatic carbocycles. The average molecular weight is 274 g/mol. The largest absolute Gasteiger partial charge is 0.356 e. The molecule has 3 heteroatoms. The van der Waals surface area contributed by atoms with Crippen molar-refractivity contribution in [1.82, 2.24) is 4.98 Å².